The fourth-order valence-electron chi connectivity index (χ4n) is 1.90. The number of nitrogens with one attached hydrogen (secondary N) is 1. The molecule has 0 radical (unpaired) electrons. The number of aryl methyl sites for hydroxylation is 1. The molecule has 0 saturated carbocycles. The van der Waals surface area contributed by atoms with Gasteiger partial charge in [-0.15, -0.1) is 11.8 Å². The lowest BCUT2D eigenvalue weighted by atomic mass is 10.2. The van der Waals surface area contributed by atoms with Crippen LogP contribution in [0.2, 0.25) is 0 Å². The zero-order valence-electron chi connectivity index (χ0n) is 14.1. The minimum absolute atomic E-state index is 0.255. The number of thioether (sulfide) groups is 1. The van der Waals surface area contributed by atoms with Crippen LogP contribution in [0.25, 0.3) is 0 Å². The van der Waals surface area contributed by atoms with Crippen LogP contribution in [-0.4, -0.2) is 40.9 Å². The SMILES string of the molecule is CCCCc1nc(SCCCCOC(C)=O)c(C(=O)OCC)[nH]1. The molecule has 0 unspecified atom stereocenters. The van der Waals surface area contributed by atoms with Crippen molar-refractivity contribution in [3.05, 3.63) is 11.5 Å². The molecule has 0 aromatic carbocycles. The van der Waals surface area contributed by atoms with Crippen molar-refractivity contribution in [1.82, 2.24) is 9.97 Å². The standard InChI is InChI=1S/C16H26N2O4S/c1-4-6-9-13-17-14(16(20)21-5-2)15(18-13)23-11-8-7-10-22-12(3)19/h4-11H2,1-3H3,(H,17,18). The topological polar surface area (TPSA) is 81.3 Å². The molecule has 1 rings (SSSR count). The van der Waals surface area contributed by atoms with Crippen LogP contribution in [0.1, 0.15) is 62.8 Å². The van der Waals surface area contributed by atoms with Gasteiger partial charge in [0.2, 0.25) is 0 Å². The number of aromatic nitrogens is 2. The number of carbonyl (C=O) groups excluding carboxylic acids is 2. The number of esters is 2. The third kappa shape index (κ3) is 7.54. The Bertz CT molecular complexity index is 502. The predicted molar refractivity (Wildman–Crippen MR) is 89.7 cm³/mol. The fourth-order valence-corrected chi connectivity index (χ4v) is 2.90. The highest BCUT2D eigenvalue weighted by Gasteiger charge is 2.18. The van der Waals surface area contributed by atoms with Crippen LogP contribution in [0, 0.1) is 0 Å². The molecule has 0 aliphatic rings. The molecule has 6 nitrogen and oxygen atoms in total. The van der Waals surface area contributed by atoms with Gasteiger partial charge >= 0.3 is 11.9 Å². The molecule has 7 heteroatoms. The highest BCUT2D eigenvalue weighted by atomic mass is 32.2. The van der Waals surface area contributed by atoms with Gasteiger partial charge in [-0.05, 0) is 31.9 Å². The summed E-state index contributed by atoms with van der Waals surface area (Å²) in [6, 6.07) is 0. The molecule has 0 saturated heterocycles. The third-order valence-corrected chi connectivity index (χ3v) is 4.11. The number of aromatic amines is 1. The first-order valence-corrected chi connectivity index (χ1v) is 9.09. The van der Waals surface area contributed by atoms with Crippen molar-refractivity contribution in [2.24, 2.45) is 0 Å². The van der Waals surface area contributed by atoms with E-state index in [1.54, 1.807) is 6.92 Å². The maximum Gasteiger partial charge on any atom is 0.357 e. The van der Waals surface area contributed by atoms with E-state index in [0.29, 0.717) is 23.9 Å². The van der Waals surface area contributed by atoms with Crippen LogP contribution in [0.4, 0.5) is 0 Å². The van der Waals surface area contributed by atoms with Gasteiger partial charge in [0.25, 0.3) is 0 Å². The summed E-state index contributed by atoms with van der Waals surface area (Å²) in [4.78, 5) is 30.3. The summed E-state index contributed by atoms with van der Waals surface area (Å²) in [5, 5.41) is 0.696. The molecule has 1 aromatic heterocycles. The van der Waals surface area contributed by atoms with E-state index in [9.17, 15) is 9.59 Å². The molecule has 0 bridgehead atoms. The van der Waals surface area contributed by atoms with Gasteiger partial charge in [0.05, 0.1) is 13.2 Å². The van der Waals surface area contributed by atoms with Gasteiger partial charge in [-0.3, -0.25) is 4.79 Å². The van der Waals surface area contributed by atoms with Gasteiger partial charge in [0, 0.05) is 13.3 Å². The van der Waals surface area contributed by atoms with Crippen molar-refractivity contribution in [2.75, 3.05) is 19.0 Å². The summed E-state index contributed by atoms with van der Waals surface area (Å²) in [6.07, 6.45) is 4.62. The first kappa shape index (κ1) is 19.5. The van der Waals surface area contributed by atoms with Gasteiger partial charge in [-0.1, -0.05) is 13.3 Å². The molecule has 1 heterocycles. The van der Waals surface area contributed by atoms with E-state index in [4.69, 9.17) is 9.47 Å². The molecule has 1 aromatic rings. The monoisotopic (exact) mass is 342 g/mol. The zero-order valence-corrected chi connectivity index (χ0v) is 15.0. The predicted octanol–water partition coefficient (Wildman–Crippen LogP) is 3.36. The Morgan fingerprint density at radius 2 is 1.96 bits per heavy atom. The van der Waals surface area contributed by atoms with Crippen molar-refractivity contribution in [1.29, 1.82) is 0 Å². The third-order valence-electron chi connectivity index (χ3n) is 3.05. The zero-order chi connectivity index (χ0) is 17.1. The van der Waals surface area contributed by atoms with Crippen LogP contribution < -0.4 is 0 Å². The Morgan fingerprint density at radius 3 is 2.61 bits per heavy atom. The van der Waals surface area contributed by atoms with Gasteiger partial charge in [0.1, 0.15) is 10.9 Å². The Hall–Kier alpha value is -1.50. The lowest BCUT2D eigenvalue weighted by Crippen LogP contribution is -2.06. The maximum absolute atomic E-state index is 12.0. The lowest BCUT2D eigenvalue weighted by Gasteiger charge is -2.03. The number of hydrogen-bond acceptors (Lipinski definition) is 6. The highest BCUT2D eigenvalue weighted by Crippen LogP contribution is 2.23. The van der Waals surface area contributed by atoms with Gasteiger partial charge < -0.3 is 14.5 Å². The Balaban J connectivity index is 2.54. The number of rotatable bonds is 11. The molecule has 0 atom stereocenters. The van der Waals surface area contributed by atoms with Crippen LogP contribution in [0.5, 0.6) is 0 Å². The summed E-state index contributed by atoms with van der Waals surface area (Å²) in [7, 11) is 0. The second-order valence-corrected chi connectivity index (χ2v) is 6.17. The average molecular weight is 342 g/mol. The largest absolute Gasteiger partial charge is 0.466 e. The smallest absolute Gasteiger partial charge is 0.357 e. The number of nitrogens with zero attached hydrogens (tertiary/aromatic N) is 1. The number of carbonyl (C=O) groups is 2. The van der Waals surface area contributed by atoms with E-state index in [1.807, 2.05) is 0 Å². The fraction of sp³-hybridized carbons (Fsp3) is 0.688. The highest BCUT2D eigenvalue weighted by molar-refractivity contribution is 7.99. The van der Waals surface area contributed by atoms with Crippen LogP contribution >= 0.6 is 11.8 Å². The van der Waals surface area contributed by atoms with E-state index >= 15 is 0 Å². The summed E-state index contributed by atoms with van der Waals surface area (Å²) in [6.45, 7) is 6.08. The summed E-state index contributed by atoms with van der Waals surface area (Å²) < 4.78 is 9.97. The van der Waals surface area contributed by atoms with Crippen LogP contribution in [0.3, 0.4) is 0 Å². The molecule has 1 N–H and O–H groups in total. The minimum Gasteiger partial charge on any atom is -0.466 e. The van der Waals surface area contributed by atoms with Crippen LogP contribution in [0.15, 0.2) is 5.03 Å². The lowest BCUT2D eigenvalue weighted by molar-refractivity contribution is -0.141. The summed E-state index contributed by atoms with van der Waals surface area (Å²) in [5.74, 6) is 1.03. The average Bonchev–Trinajstić information content (AvgIpc) is 2.92. The second-order valence-electron chi connectivity index (χ2n) is 5.08. The van der Waals surface area contributed by atoms with Crippen molar-refractivity contribution >= 4 is 23.7 Å². The van der Waals surface area contributed by atoms with E-state index in [0.717, 1.165) is 43.7 Å². The Labute approximate surface area is 141 Å². The van der Waals surface area contributed by atoms with E-state index in [1.165, 1.54) is 18.7 Å². The molecular formula is C16H26N2O4S. The molecule has 0 aliphatic carbocycles. The first-order valence-electron chi connectivity index (χ1n) is 8.10. The van der Waals surface area contributed by atoms with Crippen molar-refractivity contribution in [3.63, 3.8) is 0 Å². The maximum atomic E-state index is 12.0. The number of hydrogen-bond donors (Lipinski definition) is 1. The minimum atomic E-state index is -0.356. The number of ether oxygens (including phenoxy) is 2. The molecule has 0 fully saturated rings. The van der Waals surface area contributed by atoms with E-state index < -0.39 is 0 Å². The Morgan fingerprint density at radius 1 is 1.17 bits per heavy atom. The normalized spacial score (nSPS) is 10.6. The molecule has 0 spiro atoms. The van der Waals surface area contributed by atoms with Crippen molar-refractivity contribution in [3.8, 4) is 0 Å². The number of H-pyrrole nitrogens is 1. The van der Waals surface area contributed by atoms with E-state index in [2.05, 4.69) is 16.9 Å². The number of unbranched alkanes of at least 4 members (excludes halogenated alkanes) is 2. The molecule has 0 aliphatic heterocycles. The van der Waals surface area contributed by atoms with E-state index in [-0.39, 0.29) is 11.9 Å². The van der Waals surface area contributed by atoms with Gasteiger partial charge in [0.15, 0.2) is 5.69 Å². The van der Waals surface area contributed by atoms with Gasteiger partial charge in [-0.2, -0.15) is 0 Å². The summed E-state index contributed by atoms with van der Waals surface area (Å²) >= 11 is 1.53. The first-order chi connectivity index (χ1) is 11.1. The van der Waals surface area contributed by atoms with Gasteiger partial charge in [-0.25, -0.2) is 9.78 Å². The molecule has 0 amide bonds. The molecular weight excluding hydrogens is 316 g/mol. The molecule has 130 valence electrons. The quantitative estimate of drug-likeness (QED) is 0.377. The second kappa shape index (κ2) is 11.1. The number of imidazole rings is 1. The van der Waals surface area contributed by atoms with Crippen molar-refractivity contribution in [2.45, 2.75) is 57.9 Å². The Kier molecular flexibility index (Phi) is 9.43. The van der Waals surface area contributed by atoms with Crippen LogP contribution in [-0.2, 0) is 20.7 Å². The molecule has 23 heavy (non-hydrogen) atoms. The summed E-state index contributed by atoms with van der Waals surface area (Å²) in [5.41, 5.74) is 0.447. The van der Waals surface area contributed by atoms with Crippen molar-refractivity contribution < 1.29 is 19.1 Å².